The van der Waals surface area contributed by atoms with Gasteiger partial charge in [0.25, 0.3) is 5.91 Å². The lowest BCUT2D eigenvalue weighted by atomic mass is 10.1. The van der Waals surface area contributed by atoms with Crippen molar-refractivity contribution < 1.29 is 14.0 Å². The van der Waals surface area contributed by atoms with E-state index in [9.17, 15) is 14.0 Å². The van der Waals surface area contributed by atoms with Crippen LogP contribution < -0.4 is 5.73 Å². The zero-order chi connectivity index (χ0) is 17.0. The number of carbonyl (C=O) groups is 2. The molecule has 3 atom stereocenters. The zero-order valence-corrected chi connectivity index (χ0v) is 13.8. The van der Waals surface area contributed by atoms with Crippen LogP contribution in [0.5, 0.6) is 0 Å². The summed E-state index contributed by atoms with van der Waals surface area (Å²) in [5.74, 6) is -0.486. The van der Waals surface area contributed by atoms with Gasteiger partial charge in [0.1, 0.15) is 17.6 Å². The lowest BCUT2D eigenvalue weighted by Crippen LogP contribution is -2.46. The summed E-state index contributed by atoms with van der Waals surface area (Å²) in [6.45, 7) is 2.37. The van der Waals surface area contributed by atoms with Gasteiger partial charge in [-0.1, -0.05) is 12.1 Å². The molecule has 0 bridgehead atoms. The molecule has 124 valence electrons. The highest BCUT2D eigenvalue weighted by Gasteiger charge is 2.56. The van der Waals surface area contributed by atoms with Gasteiger partial charge < -0.3 is 10.6 Å². The molecule has 2 heterocycles. The number of primary amides is 1. The van der Waals surface area contributed by atoms with Gasteiger partial charge in [-0.2, -0.15) is 0 Å². The third-order valence-electron chi connectivity index (χ3n) is 4.75. The molecule has 7 heteroatoms. The normalized spacial score (nSPS) is 24.8. The van der Waals surface area contributed by atoms with Crippen molar-refractivity contribution in [1.29, 1.82) is 0 Å². The Labute approximate surface area is 142 Å². The highest BCUT2D eigenvalue weighted by Crippen LogP contribution is 2.50. The maximum absolute atomic E-state index is 13.2. The first kappa shape index (κ1) is 15.3. The van der Waals surface area contributed by atoms with Crippen molar-refractivity contribution in [3.8, 4) is 10.4 Å². The van der Waals surface area contributed by atoms with Gasteiger partial charge in [0.2, 0.25) is 5.91 Å². The molecule has 1 aliphatic carbocycles. The van der Waals surface area contributed by atoms with Crippen LogP contribution in [0.3, 0.4) is 0 Å². The summed E-state index contributed by atoms with van der Waals surface area (Å²) >= 11 is 1.38. The average Bonchev–Trinajstić information content (AvgIpc) is 3.02. The third-order valence-corrected chi connectivity index (χ3v) is 5.77. The van der Waals surface area contributed by atoms with Crippen molar-refractivity contribution in [3.05, 3.63) is 40.8 Å². The van der Waals surface area contributed by atoms with Crippen molar-refractivity contribution in [3.63, 3.8) is 0 Å². The molecular weight excluding hydrogens is 329 g/mol. The zero-order valence-electron chi connectivity index (χ0n) is 13.0. The van der Waals surface area contributed by atoms with Crippen LogP contribution in [0.25, 0.3) is 10.4 Å². The van der Waals surface area contributed by atoms with Crippen LogP contribution >= 0.6 is 11.3 Å². The summed E-state index contributed by atoms with van der Waals surface area (Å²) in [5, 5.41) is 0.748. The molecule has 1 saturated heterocycles. The Hall–Kier alpha value is -2.28. The van der Waals surface area contributed by atoms with E-state index in [1.54, 1.807) is 17.0 Å². The molecule has 1 aliphatic heterocycles. The van der Waals surface area contributed by atoms with Gasteiger partial charge in [-0.15, -0.1) is 11.3 Å². The van der Waals surface area contributed by atoms with Crippen LogP contribution in [0.2, 0.25) is 0 Å². The second-order valence-corrected chi connectivity index (χ2v) is 7.59. The fourth-order valence-corrected chi connectivity index (χ4v) is 4.46. The molecule has 0 radical (unpaired) electrons. The Kier molecular flexibility index (Phi) is 3.42. The Balaban J connectivity index is 1.70. The van der Waals surface area contributed by atoms with Crippen molar-refractivity contribution in [1.82, 2.24) is 9.88 Å². The molecular formula is C17H16FN3O2S. The number of hydrogen-bond donors (Lipinski definition) is 1. The number of likely N-dealkylation sites (tertiary alicyclic amines) is 1. The largest absolute Gasteiger partial charge is 0.368 e. The summed E-state index contributed by atoms with van der Waals surface area (Å²) in [5.41, 5.74) is 6.56. The first-order valence-electron chi connectivity index (χ1n) is 7.79. The minimum absolute atomic E-state index is 0.195. The monoisotopic (exact) mass is 345 g/mol. The van der Waals surface area contributed by atoms with E-state index in [2.05, 4.69) is 4.98 Å². The smallest absolute Gasteiger partial charge is 0.274 e. The number of aryl methyl sites for hydroxylation is 1. The van der Waals surface area contributed by atoms with Crippen molar-refractivity contribution in [2.24, 2.45) is 17.6 Å². The van der Waals surface area contributed by atoms with Gasteiger partial charge in [-0.3, -0.25) is 9.59 Å². The van der Waals surface area contributed by atoms with Crippen molar-refractivity contribution in [2.75, 3.05) is 6.54 Å². The van der Waals surface area contributed by atoms with Gasteiger partial charge in [0, 0.05) is 6.54 Å². The SMILES string of the molecule is Cc1nc(C(=O)N2C[C@@H]3C[C@@H]3[C@H]2C(N)=O)c(-c2ccc(F)cc2)s1. The fourth-order valence-electron chi connectivity index (χ4n) is 3.54. The summed E-state index contributed by atoms with van der Waals surface area (Å²) < 4.78 is 13.2. The molecule has 2 aromatic rings. The highest BCUT2D eigenvalue weighted by atomic mass is 32.1. The van der Waals surface area contributed by atoms with Gasteiger partial charge in [0.05, 0.1) is 9.88 Å². The van der Waals surface area contributed by atoms with Gasteiger partial charge in [-0.05, 0) is 42.9 Å². The standard InChI is InChI=1S/C17H16FN3O2S/c1-8-20-13(15(24-8)9-2-4-11(18)5-3-9)17(23)21-7-10-6-12(10)14(21)16(19)22/h2-5,10,12,14H,6-7H2,1H3,(H2,19,22)/t10-,12-,14-/m0/s1. The molecule has 2 aliphatic rings. The number of piperidine rings is 1. The molecule has 5 nitrogen and oxygen atoms in total. The molecule has 2 fully saturated rings. The van der Waals surface area contributed by atoms with E-state index in [0.717, 1.165) is 17.0 Å². The summed E-state index contributed by atoms with van der Waals surface area (Å²) in [6, 6.07) is 5.44. The van der Waals surface area contributed by atoms with Gasteiger partial charge >= 0.3 is 0 Å². The molecule has 2 N–H and O–H groups in total. The minimum atomic E-state index is -0.537. The number of hydrogen-bond acceptors (Lipinski definition) is 4. The van der Waals surface area contributed by atoms with Crippen molar-refractivity contribution >= 4 is 23.2 Å². The number of rotatable bonds is 3. The molecule has 4 rings (SSSR count). The molecule has 0 spiro atoms. The van der Waals surface area contributed by atoms with Crippen molar-refractivity contribution in [2.45, 2.75) is 19.4 Å². The molecule has 2 amide bonds. The summed E-state index contributed by atoms with van der Waals surface area (Å²) in [6.07, 6.45) is 0.957. The van der Waals surface area contributed by atoms with Crippen LogP contribution in [0, 0.1) is 24.6 Å². The summed E-state index contributed by atoms with van der Waals surface area (Å²) in [4.78, 5) is 31.4. The van der Waals surface area contributed by atoms with Crippen LogP contribution in [-0.4, -0.2) is 34.3 Å². The van der Waals surface area contributed by atoms with Gasteiger partial charge in [-0.25, -0.2) is 9.37 Å². The first-order valence-corrected chi connectivity index (χ1v) is 8.61. The average molecular weight is 345 g/mol. The Morgan fingerprint density at radius 3 is 2.71 bits per heavy atom. The van der Waals surface area contributed by atoms with E-state index in [-0.39, 0.29) is 17.6 Å². The second-order valence-electron chi connectivity index (χ2n) is 6.38. The van der Waals surface area contributed by atoms with Gasteiger partial charge in [0.15, 0.2) is 0 Å². The van der Waals surface area contributed by atoms with E-state index in [1.807, 2.05) is 6.92 Å². The molecule has 1 saturated carbocycles. The second kappa shape index (κ2) is 5.37. The topological polar surface area (TPSA) is 76.3 Å². The molecule has 1 aromatic heterocycles. The van der Waals surface area contributed by atoms with E-state index in [4.69, 9.17) is 5.73 Å². The predicted molar refractivity (Wildman–Crippen MR) is 87.9 cm³/mol. The first-order chi connectivity index (χ1) is 11.5. The fraction of sp³-hybridized carbons (Fsp3) is 0.353. The van der Waals surface area contributed by atoms with Crippen LogP contribution in [-0.2, 0) is 4.79 Å². The highest BCUT2D eigenvalue weighted by molar-refractivity contribution is 7.15. The van der Waals surface area contributed by atoms with Crippen LogP contribution in [0.15, 0.2) is 24.3 Å². The lowest BCUT2D eigenvalue weighted by Gasteiger charge is -2.24. The number of nitrogens with zero attached hydrogens (tertiary/aromatic N) is 2. The maximum Gasteiger partial charge on any atom is 0.274 e. The van der Waals surface area contributed by atoms with E-state index in [1.165, 1.54) is 23.5 Å². The molecule has 1 aromatic carbocycles. The number of amides is 2. The predicted octanol–water partition coefficient (Wildman–Crippen LogP) is 2.20. The van der Waals surface area contributed by atoms with E-state index >= 15 is 0 Å². The third kappa shape index (κ3) is 2.39. The van der Waals surface area contributed by atoms with E-state index < -0.39 is 11.9 Å². The quantitative estimate of drug-likeness (QED) is 0.926. The maximum atomic E-state index is 13.2. The van der Waals surface area contributed by atoms with Crippen LogP contribution in [0.1, 0.15) is 21.9 Å². The number of halogens is 1. The minimum Gasteiger partial charge on any atom is -0.368 e. The lowest BCUT2D eigenvalue weighted by molar-refractivity contribution is -0.122. The number of nitrogens with two attached hydrogens (primary N) is 1. The number of thiazole rings is 1. The number of carbonyl (C=O) groups excluding carboxylic acids is 2. The Bertz CT molecular complexity index is 833. The molecule has 24 heavy (non-hydrogen) atoms. The number of benzene rings is 1. The molecule has 0 unspecified atom stereocenters. The Morgan fingerprint density at radius 2 is 2.04 bits per heavy atom. The Morgan fingerprint density at radius 1 is 1.33 bits per heavy atom. The summed E-state index contributed by atoms with van der Waals surface area (Å²) in [7, 11) is 0. The number of aromatic nitrogens is 1. The van der Waals surface area contributed by atoms with E-state index in [0.29, 0.717) is 23.0 Å². The number of fused-ring (bicyclic) bond motifs is 1. The van der Waals surface area contributed by atoms with Crippen LogP contribution in [0.4, 0.5) is 4.39 Å².